The maximum Gasteiger partial charge on any atom is 0.258 e. The van der Waals surface area contributed by atoms with E-state index in [0.717, 1.165) is 71.2 Å². The van der Waals surface area contributed by atoms with Crippen molar-refractivity contribution in [1.82, 2.24) is 19.6 Å². The van der Waals surface area contributed by atoms with Gasteiger partial charge in [-0.2, -0.15) is 0 Å². The van der Waals surface area contributed by atoms with E-state index in [1.54, 1.807) is 0 Å². The first-order valence-electron chi connectivity index (χ1n) is 12.5. The third-order valence-corrected chi connectivity index (χ3v) is 8.10. The maximum absolute atomic E-state index is 12.8. The monoisotopic (exact) mass is 490 g/mol. The Morgan fingerprint density at radius 2 is 1.97 bits per heavy atom. The summed E-state index contributed by atoms with van der Waals surface area (Å²) in [5, 5.41) is 4.15. The minimum atomic E-state index is 0.00514. The van der Waals surface area contributed by atoms with Gasteiger partial charge < -0.3 is 14.8 Å². The van der Waals surface area contributed by atoms with Crippen molar-refractivity contribution in [3.63, 3.8) is 0 Å². The molecule has 0 saturated carbocycles. The van der Waals surface area contributed by atoms with Crippen LogP contribution < -0.4 is 14.8 Å². The van der Waals surface area contributed by atoms with Gasteiger partial charge in [-0.3, -0.25) is 14.1 Å². The molecule has 1 fully saturated rings. The van der Waals surface area contributed by atoms with Crippen molar-refractivity contribution in [3.05, 3.63) is 59.3 Å². The van der Waals surface area contributed by atoms with E-state index in [9.17, 15) is 4.79 Å². The fourth-order valence-corrected chi connectivity index (χ4v) is 6.18. The van der Waals surface area contributed by atoms with Crippen LogP contribution in [-0.2, 0) is 4.79 Å². The van der Waals surface area contributed by atoms with Gasteiger partial charge in [0.2, 0.25) is 0 Å². The first-order chi connectivity index (χ1) is 17.2. The number of hydrogen-bond donors (Lipinski definition) is 1. The molecule has 182 valence electrons. The van der Waals surface area contributed by atoms with E-state index in [-0.39, 0.29) is 12.0 Å². The van der Waals surface area contributed by atoms with Gasteiger partial charge in [-0.1, -0.05) is 30.0 Å². The molecular formula is C27H30N4O3S. The number of piperidine rings is 1. The largest absolute Gasteiger partial charge is 0.486 e. The second-order valence-corrected chi connectivity index (χ2v) is 10.6. The van der Waals surface area contributed by atoms with Gasteiger partial charge in [0.1, 0.15) is 18.4 Å². The summed E-state index contributed by atoms with van der Waals surface area (Å²) in [5.41, 5.74) is 1.87. The summed E-state index contributed by atoms with van der Waals surface area (Å²) in [6.45, 7) is 4.44. The Balaban J connectivity index is 0.908. The number of hydrogen-bond acceptors (Lipinski definition) is 6. The number of para-hydroxylation sites is 2. The Morgan fingerprint density at radius 1 is 1.11 bits per heavy atom. The Morgan fingerprint density at radius 3 is 2.86 bits per heavy atom. The van der Waals surface area contributed by atoms with Crippen LogP contribution in [-0.4, -0.2) is 59.1 Å². The summed E-state index contributed by atoms with van der Waals surface area (Å²) in [7, 11) is 0. The van der Waals surface area contributed by atoms with Crippen molar-refractivity contribution in [2.75, 3.05) is 32.8 Å². The van der Waals surface area contributed by atoms with E-state index in [1.165, 1.54) is 24.6 Å². The fourth-order valence-electron chi connectivity index (χ4n) is 5.18. The predicted molar refractivity (Wildman–Crippen MR) is 137 cm³/mol. The van der Waals surface area contributed by atoms with Crippen molar-refractivity contribution in [1.29, 1.82) is 0 Å². The van der Waals surface area contributed by atoms with Crippen LogP contribution in [0.25, 0.3) is 11.7 Å². The number of aromatic nitrogens is 2. The Bertz CT molecular complexity index is 1250. The lowest BCUT2D eigenvalue weighted by atomic mass is 9.92. The van der Waals surface area contributed by atoms with Crippen molar-refractivity contribution < 1.29 is 14.3 Å². The van der Waals surface area contributed by atoms with E-state index in [2.05, 4.69) is 19.6 Å². The standard InChI is InChI=1S/C27H30N4O3S/c32-27(24-15-20-16-29-25-8-3-9-26(35-24)31(20)25)28-12-4-5-19-10-13-30(14-11-19)17-21-18-33-22-6-1-2-7-23(22)34-21/h1-3,6-9,15-16,19,21H,4-5,10-14,17-18H2,(H,28,32). The molecule has 0 radical (unpaired) electrons. The van der Waals surface area contributed by atoms with E-state index in [0.29, 0.717) is 13.2 Å². The molecule has 0 spiro atoms. The van der Waals surface area contributed by atoms with E-state index in [1.807, 2.05) is 54.7 Å². The molecule has 1 aromatic carbocycles. The van der Waals surface area contributed by atoms with Crippen molar-refractivity contribution >= 4 is 29.4 Å². The van der Waals surface area contributed by atoms with Crippen LogP contribution in [0.2, 0.25) is 0 Å². The van der Waals surface area contributed by atoms with Gasteiger partial charge in [0.05, 0.1) is 21.8 Å². The molecule has 7 nitrogen and oxygen atoms in total. The zero-order valence-electron chi connectivity index (χ0n) is 19.7. The van der Waals surface area contributed by atoms with Gasteiger partial charge >= 0.3 is 0 Å². The summed E-state index contributed by atoms with van der Waals surface area (Å²) in [5.74, 6) is 2.43. The lowest BCUT2D eigenvalue weighted by Gasteiger charge is -2.35. The maximum atomic E-state index is 12.8. The zero-order chi connectivity index (χ0) is 23.6. The molecule has 2 aromatic heterocycles. The number of carbonyl (C=O) groups excluding carboxylic acids is 1. The van der Waals surface area contributed by atoms with Crippen molar-refractivity contribution in [2.45, 2.75) is 36.8 Å². The molecule has 35 heavy (non-hydrogen) atoms. The first kappa shape index (κ1) is 22.5. The molecule has 1 N–H and O–H groups in total. The van der Waals surface area contributed by atoms with Crippen LogP contribution in [0, 0.1) is 5.92 Å². The number of imidazole rings is 1. The summed E-state index contributed by atoms with van der Waals surface area (Å²) in [4.78, 5) is 20.4. The highest BCUT2D eigenvalue weighted by Gasteiger charge is 2.26. The summed E-state index contributed by atoms with van der Waals surface area (Å²) in [6.07, 6.45) is 8.42. The predicted octanol–water partition coefficient (Wildman–Crippen LogP) is 4.23. The topological polar surface area (TPSA) is 68.1 Å². The average Bonchev–Trinajstić information content (AvgIpc) is 3.32. The second-order valence-electron chi connectivity index (χ2n) is 9.49. The molecule has 0 aliphatic carbocycles. The number of rotatable bonds is 7. The number of nitrogens with zero attached hydrogens (tertiary/aromatic N) is 3. The quantitative estimate of drug-likeness (QED) is 0.500. The van der Waals surface area contributed by atoms with Gasteiger partial charge in [0.15, 0.2) is 11.5 Å². The van der Waals surface area contributed by atoms with Crippen molar-refractivity contribution in [2.24, 2.45) is 5.92 Å². The minimum Gasteiger partial charge on any atom is -0.486 e. The number of likely N-dealkylation sites (tertiary alicyclic amines) is 1. The molecule has 3 aliphatic heterocycles. The van der Waals surface area contributed by atoms with Crippen LogP contribution >= 0.6 is 11.8 Å². The number of benzene rings is 1. The minimum absolute atomic E-state index is 0.00514. The van der Waals surface area contributed by atoms with Crippen LogP contribution in [0.4, 0.5) is 0 Å². The third kappa shape index (κ3) is 4.90. The molecule has 1 unspecified atom stereocenters. The number of amides is 1. The SMILES string of the molecule is O=C(NCCCC1CCN(CC2COc3ccccc3O2)CC1)C1=Cc2cnc3cccc(n23)S1. The molecule has 0 bridgehead atoms. The molecule has 8 heteroatoms. The highest BCUT2D eigenvalue weighted by atomic mass is 32.2. The zero-order valence-corrected chi connectivity index (χ0v) is 20.5. The molecule has 1 amide bonds. The van der Waals surface area contributed by atoms with E-state index < -0.39 is 0 Å². The highest BCUT2D eigenvalue weighted by molar-refractivity contribution is 8.04. The van der Waals surface area contributed by atoms with Gasteiger partial charge in [-0.05, 0) is 75.0 Å². The molecule has 5 heterocycles. The number of nitrogens with one attached hydrogen (secondary N) is 1. The molecule has 3 aromatic rings. The fraction of sp³-hybridized carbons (Fsp3) is 0.407. The third-order valence-electron chi connectivity index (χ3n) is 7.05. The summed E-state index contributed by atoms with van der Waals surface area (Å²) < 4.78 is 14.1. The smallest absolute Gasteiger partial charge is 0.258 e. The number of fused-ring (bicyclic) bond motifs is 1. The summed E-state index contributed by atoms with van der Waals surface area (Å²) >= 11 is 1.51. The highest BCUT2D eigenvalue weighted by Crippen LogP contribution is 2.34. The van der Waals surface area contributed by atoms with Crippen molar-refractivity contribution in [3.8, 4) is 11.5 Å². The van der Waals surface area contributed by atoms with Gasteiger partial charge in [-0.25, -0.2) is 4.98 Å². The number of carbonyl (C=O) groups is 1. The Hall–Kier alpha value is -2.97. The molecule has 3 aliphatic rings. The van der Waals surface area contributed by atoms with E-state index in [4.69, 9.17) is 9.47 Å². The van der Waals surface area contributed by atoms with Crippen LogP contribution in [0.15, 0.2) is 58.6 Å². The number of pyridine rings is 1. The Labute approximate surface area is 209 Å². The Kier molecular flexibility index (Phi) is 6.39. The van der Waals surface area contributed by atoms with Gasteiger partial charge in [0.25, 0.3) is 5.91 Å². The van der Waals surface area contributed by atoms with E-state index >= 15 is 0 Å². The molecular weight excluding hydrogens is 460 g/mol. The number of thioether (sulfide) groups is 1. The molecule has 6 rings (SSSR count). The van der Waals surface area contributed by atoms with Gasteiger partial charge in [-0.15, -0.1) is 0 Å². The van der Waals surface area contributed by atoms with Crippen LogP contribution in [0.1, 0.15) is 31.4 Å². The second kappa shape index (κ2) is 9.95. The van der Waals surface area contributed by atoms with Gasteiger partial charge in [0, 0.05) is 13.1 Å². The van der Waals surface area contributed by atoms with Crippen LogP contribution in [0.5, 0.6) is 11.5 Å². The summed E-state index contributed by atoms with van der Waals surface area (Å²) in [6, 6.07) is 13.9. The average molecular weight is 491 g/mol. The first-order valence-corrected chi connectivity index (χ1v) is 13.3. The normalized spacial score (nSPS) is 20.0. The van der Waals surface area contributed by atoms with Crippen LogP contribution in [0.3, 0.4) is 0 Å². The number of ether oxygens (including phenoxy) is 2. The lowest BCUT2D eigenvalue weighted by molar-refractivity contribution is -0.116. The molecule has 1 atom stereocenters. The molecule has 1 saturated heterocycles. The lowest BCUT2D eigenvalue weighted by Crippen LogP contribution is -2.44.